The number of aliphatic hydroxyl groups is 1. The second-order valence-electron chi connectivity index (χ2n) is 3.01. The zero-order valence-corrected chi connectivity index (χ0v) is 8.36. The van der Waals surface area contributed by atoms with Crippen LogP contribution in [0.1, 0.15) is 13.8 Å². The number of hydrogen-bond acceptors (Lipinski definition) is 4. The summed E-state index contributed by atoms with van der Waals surface area (Å²) in [6.45, 7) is 0.506. The van der Waals surface area contributed by atoms with Crippen LogP contribution in [0.15, 0.2) is 0 Å². The molecule has 0 radical (unpaired) electrons. The van der Waals surface area contributed by atoms with Gasteiger partial charge in [0.2, 0.25) is 0 Å². The molecule has 0 saturated heterocycles. The molecule has 7 heteroatoms. The van der Waals surface area contributed by atoms with E-state index in [1.54, 1.807) is 0 Å². The van der Waals surface area contributed by atoms with Gasteiger partial charge in [-0.25, -0.2) is 8.42 Å². The SMILES string of the molecule is CC(C)(CO)C(F)(F)S(=O)(=O)[O-].[CH3+]. The first-order valence-electron chi connectivity index (χ1n) is 3.00. The number of aliphatic hydroxyl groups excluding tert-OH is 1. The highest BCUT2D eigenvalue weighted by Crippen LogP contribution is 2.39. The van der Waals surface area contributed by atoms with Gasteiger partial charge in [0.05, 0.1) is 12.0 Å². The van der Waals surface area contributed by atoms with E-state index in [-0.39, 0.29) is 7.43 Å². The number of alkyl halides is 2. The van der Waals surface area contributed by atoms with Gasteiger partial charge in [0.1, 0.15) is 0 Å². The molecular formula is C6H12F2O4S. The molecule has 0 aromatic carbocycles. The second-order valence-corrected chi connectivity index (χ2v) is 4.43. The van der Waals surface area contributed by atoms with Crippen molar-refractivity contribution < 1.29 is 26.9 Å². The van der Waals surface area contributed by atoms with Crippen LogP contribution in [0.5, 0.6) is 0 Å². The first kappa shape index (κ1) is 15.1. The van der Waals surface area contributed by atoms with Gasteiger partial charge in [-0.1, -0.05) is 13.8 Å². The second kappa shape index (κ2) is 3.77. The van der Waals surface area contributed by atoms with Gasteiger partial charge in [-0.15, -0.1) is 0 Å². The van der Waals surface area contributed by atoms with Gasteiger partial charge < -0.3 is 9.66 Å². The quantitative estimate of drug-likeness (QED) is 0.555. The Morgan fingerprint density at radius 2 is 1.69 bits per heavy atom. The lowest BCUT2D eigenvalue weighted by atomic mass is 9.95. The van der Waals surface area contributed by atoms with Crippen molar-refractivity contribution in [1.82, 2.24) is 0 Å². The van der Waals surface area contributed by atoms with Gasteiger partial charge in [0.15, 0.2) is 10.1 Å². The summed E-state index contributed by atoms with van der Waals surface area (Å²) in [6, 6.07) is 0. The fraction of sp³-hybridized carbons (Fsp3) is 0.833. The molecule has 0 unspecified atom stereocenters. The van der Waals surface area contributed by atoms with Gasteiger partial charge in [-0.05, 0) is 0 Å². The molecule has 0 aliphatic heterocycles. The lowest BCUT2D eigenvalue weighted by molar-refractivity contribution is -0.0622. The van der Waals surface area contributed by atoms with E-state index >= 15 is 0 Å². The van der Waals surface area contributed by atoms with Crippen LogP contribution < -0.4 is 0 Å². The average molecular weight is 218 g/mol. The van der Waals surface area contributed by atoms with Crippen molar-refractivity contribution in [3.8, 4) is 0 Å². The number of halogens is 2. The highest BCUT2D eigenvalue weighted by Gasteiger charge is 2.52. The van der Waals surface area contributed by atoms with Gasteiger partial charge >= 0.3 is 5.25 Å². The van der Waals surface area contributed by atoms with Crippen LogP contribution in [-0.4, -0.2) is 29.9 Å². The van der Waals surface area contributed by atoms with E-state index in [9.17, 15) is 21.8 Å². The van der Waals surface area contributed by atoms with E-state index < -0.39 is 27.4 Å². The maximum Gasteiger partial charge on any atom is 0.341 e. The minimum Gasteiger partial charge on any atom is -0.743 e. The van der Waals surface area contributed by atoms with Crippen LogP contribution in [-0.2, 0) is 10.1 Å². The summed E-state index contributed by atoms with van der Waals surface area (Å²) in [7, 11) is -5.72. The average Bonchev–Trinajstić information content (AvgIpc) is 1.85. The van der Waals surface area contributed by atoms with E-state index in [2.05, 4.69) is 0 Å². The third kappa shape index (κ3) is 2.52. The van der Waals surface area contributed by atoms with Crippen molar-refractivity contribution in [3.05, 3.63) is 7.43 Å². The summed E-state index contributed by atoms with van der Waals surface area (Å²) in [5.41, 5.74) is -2.26. The first-order valence-corrected chi connectivity index (χ1v) is 4.41. The molecule has 0 amide bonds. The normalized spacial score (nSPS) is 13.7. The Morgan fingerprint density at radius 1 is 1.38 bits per heavy atom. The fourth-order valence-corrected chi connectivity index (χ4v) is 1.17. The lowest BCUT2D eigenvalue weighted by Crippen LogP contribution is -2.45. The predicted octanol–water partition coefficient (Wildman–Crippen LogP) is 0.593. The van der Waals surface area contributed by atoms with Gasteiger partial charge in [0, 0.05) is 7.43 Å². The first-order chi connectivity index (χ1) is 5.06. The molecule has 0 bridgehead atoms. The van der Waals surface area contributed by atoms with Crippen LogP contribution in [0, 0.1) is 12.8 Å². The Labute approximate surface area is 76.3 Å². The summed E-state index contributed by atoms with van der Waals surface area (Å²) >= 11 is 0. The van der Waals surface area contributed by atoms with E-state index in [4.69, 9.17) is 5.11 Å². The molecule has 0 aliphatic carbocycles. The molecule has 0 rings (SSSR count). The molecule has 80 valence electrons. The molecule has 0 heterocycles. The van der Waals surface area contributed by atoms with E-state index in [0.717, 1.165) is 13.8 Å². The lowest BCUT2D eigenvalue weighted by Gasteiger charge is -2.33. The number of rotatable bonds is 3. The molecule has 0 spiro atoms. The summed E-state index contributed by atoms with van der Waals surface area (Å²) in [5.74, 6) is 0. The molecule has 13 heavy (non-hydrogen) atoms. The van der Waals surface area contributed by atoms with Gasteiger partial charge in [0.25, 0.3) is 0 Å². The van der Waals surface area contributed by atoms with Crippen LogP contribution in [0.4, 0.5) is 8.78 Å². The van der Waals surface area contributed by atoms with Crippen LogP contribution in [0.2, 0.25) is 0 Å². The molecule has 0 fully saturated rings. The Hall–Kier alpha value is -0.400. The number of hydrogen-bond donors (Lipinski definition) is 1. The predicted molar refractivity (Wildman–Crippen MR) is 41.9 cm³/mol. The maximum atomic E-state index is 12.6. The summed E-state index contributed by atoms with van der Waals surface area (Å²) < 4.78 is 55.4. The largest absolute Gasteiger partial charge is 0.743 e. The van der Waals surface area contributed by atoms with E-state index in [1.165, 1.54) is 0 Å². The minimum absolute atomic E-state index is 0. The smallest absolute Gasteiger partial charge is 0.341 e. The molecule has 4 nitrogen and oxygen atoms in total. The zero-order chi connectivity index (χ0) is 10.2. The summed E-state index contributed by atoms with van der Waals surface area (Å²) in [6.07, 6.45) is 0. The van der Waals surface area contributed by atoms with Crippen LogP contribution >= 0.6 is 0 Å². The van der Waals surface area contributed by atoms with Gasteiger partial charge in [-0.2, -0.15) is 8.78 Å². The van der Waals surface area contributed by atoms with Crippen molar-refractivity contribution in [2.24, 2.45) is 5.41 Å². The van der Waals surface area contributed by atoms with Crippen LogP contribution in [0.3, 0.4) is 0 Å². The maximum absolute atomic E-state index is 12.6. The third-order valence-corrected chi connectivity index (χ3v) is 2.68. The third-order valence-electron chi connectivity index (χ3n) is 1.50. The van der Waals surface area contributed by atoms with Crippen molar-refractivity contribution in [3.63, 3.8) is 0 Å². The Balaban J connectivity index is 0. The van der Waals surface area contributed by atoms with Crippen molar-refractivity contribution in [1.29, 1.82) is 0 Å². The summed E-state index contributed by atoms with van der Waals surface area (Å²) in [4.78, 5) is 0. The van der Waals surface area contributed by atoms with Gasteiger partial charge in [-0.3, -0.25) is 0 Å². The van der Waals surface area contributed by atoms with E-state index in [0.29, 0.717) is 0 Å². The Bertz CT molecular complexity index is 258. The molecule has 0 aromatic heterocycles. The fourth-order valence-electron chi connectivity index (χ4n) is 0.430. The van der Waals surface area contributed by atoms with Crippen molar-refractivity contribution in [2.75, 3.05) is 6.61 Å². The monoisotopic (exact) mass is 218 g/mol. The van der Waals surface area contributed by atoms with Crippen molar-refractivity contribution >= 4 is 10.1 Å². The minimum atomic E-state index is -5.72. The highest BCUT2D eigenvalue weighted by molar-refractivity contribution is 7.86. The standard InChI is InChI=1S/C5H10F2O4S.CH3/c1-4(2,3-8)5(6,7)12(9,10)11;/h8H,3H2,1-2H3,(H,9,10,11);1H3/q;+1/p-1. The molecular weight excluding hydrogens is 206 g/mol. The zero-order valence-electron chi connectivity index (χ0n) is 7.54. The molecule has 0 aliphatic rings. The molecule has 1 N–H and O–H groups in total. The topological polar surface area (TPSA) is 77.4 Å². The van der Waals surface area contributed by atoms with E-state index in [1.807, 2.05) is 0 Å². The summed E-state index contributed by atoms with van der Waals surface area (Å²) in [5, 5.41) is 3.96. The Kier molecular flexibility index (Phi) is 4.37. The molecule has 0 aromatic rings. The molecule has 0 atom stereocenters. The van der Waals surface area contributed by atoms with Crippen LogP contribution in [0.25, 0.3) is 0 Å². The van der Waals surface area contributed by atoms with Crippen molar-refractivity contribution in [2.45, 2.75) is 19.1 Å². The Morgan fingerprint density at radius 3 is 1.77 bits per heavy atom. The molecule has 0 saturated carbocycles. The highest BCUT2D eigenvalue weighted by atomic mass is 32.2.